The van der Waals surface area contributed by atoms with Gasteiger partial charge in [0.15, 0.2) is 0 Å². The Balaban J connectivity index is 2.08. The van der Waals surface area contributed by atoms with E-state index >= 15 is 0 Å². The van der Waals surface area contributed by atoms with Gasteiger partial charge >= 0.3 is 12.1 Å². The zero-order valence-electron chi connectivity index (χ0n) is 18.0. The van der Waals surface area contributed by atoms with E-state index in [1.165, 1.54) is 12.1 Å². The standard InChI is InChI=1S/C20H29N3O7S/c1-13-7-9-14(10-8-13)31(28,29)23-11-5-6-16(23)17(24)22-15(18(25)26)12-21-19(27)30-20(2,3)4/h7-10,15-16H,5-6,11-12H2,1-4H3,(H,21,27)(H,22,24)(H,25,26)/t15-,16-/m0/s1. The van der Waals surface area contributed by atoms with E-state index in [1.54, 1.807) is 32.9 Å². The maximum atomic E-state index is 13.0. The van der Waals surface area contributed by atoms with Crippen LogP contribution >= 0.6 is 0 Å². The van der Waals surface area contributed by atoms with E-state index in [0.29, 0.717) is 6.42 Å². The maximum absolute atomic E-state index is 13.0. The van der Waals surface area contributed by atoms with Crippen LogP contribution in [0.2, 0.25) is 0 Å². The van der Waals surface area contributed by atoms with Crippen molar-refractivity contribution in [3.05, 3.63) is 29.8 Å². The predicted octanol–water partition coefficient (Wildman–Crippen LogP) is 1.24. The molecule has 0 spiro atoms. The smallest absolute Gasteiger partial charge is 0.407 e. The minimum Gasteiger partial charge on any atom is -0.480 e. The van der Waals surface area contributed by atoms with E-state index in [2.05, 4.69) is 10.6 Å². The Kier molecular flexibility index (Phi) is 7.66. The first-order valence-electron chi connectivity index (χ1n) is 9.90. The van der Waals surface area contributed by atoms with Crippen LogP contribution in [0.1, 0.15) is 39.2 Å². The summed E-state index contributed by atoms with van der Waals surface area (Å²) in [5, 5.41) is 14.0. The van der Waals surface area contributed by atoms with Gasteiger partial charge in [0.1, 0.15) is 17.7 Å². The number of carboxylic acids is 1. The van der Waals surface area contributed by atoms with Crippen molar-refractivity contribution in [2.24, 2.45) is 0 Å². The number of amides is 2. The summed E-state index contributed by atoms with van der Waals surface area (Å²) in [5.74, 6) is -2.10. The number of rotatable bonds is 7. The van der Waals surface area contributed by atoms with Crippen molar-refractivity contribution in [2.45, 2.75) is 63.1 Å². The SMILES string of the molecule is Cc1ccc(S(=O)(=O)N2CCC[C@H]2C(=O)N[C@@H](CNC(=O)OC(C)(C)C)C(=O)O)cc1. The molecule has 0 aliphatic carbocycles. The molecule has 172 valence electrons. The van der Waals surface area contributed by atoms with Crippen LogP contribution < -0.4 is 10.6 Å². The molecule has 1 fully saturated rings. The molecule has 0 saturated carbocycles. The molecule has 2 atom stereocenters. The first kappa shape index (κ1) is 24.6. The molecule has 31 heavy (non-hydrogen) atoms. The molecule has 11 heteroatoms. The fourth-order valence-electron chi connectivity index (χ4n) is 3.10. The van der Waals surface area contributed by atoms with Crippen LogP contribution in [0.5, 0.6) is 0 Å². The molecule has 2 rings (SSSR count). The van der Waals surface area contributed by atoms with Gasteiger partial charge in [-0.3, -0.25) is 4.79 Å². The van der Waals surface area contributed by atoms with Crippen LogP contribution in [0, 0.1) is 6.92 Å². The van der Waals surface area contributed by atoms with Crippen LogP contribution in [0.25, 0.3) is 0 Å². The summed E-state index contributed by atoms with van der Waals surface area (Å²) in [6.45, 7) is 6.56. The average molecular weight is 456 g/mol. The molecule has 1 aromatic rings. The van der Waals surface area contributed by atoms with Gasteiger partial charge in [-0.25, -0.2) is 18.0 Å². The second-order valence-electron chi connectivity index (χ2n) is 8.37. The summed E-state index contributed by atoms with van der Waals surface area (Å²) in [7, 11) is -3.92. The molecule has 1 saturated heterocycles. The summed E-state index contributed by atoms with van der Waals surface area (Å²) < 4.78 is 32.1. The number of alkyl carbamates (subject to hydrolysis) is 1. The molecule has 0 radical (unpaired) electrons. The number of aryl methyl sites for hydroxylation is 1. The molecule has 1 aliphatic rings. The number of aliphatic carboxylic acids is 1. The number of hydrogen-bond donors (Lipinski definition) is 3. The summed E-state index contributed by atoms with van der Waals surface area (Å²) >= 11 is 0. The molecular weight excluding hydrogens is 426 g/mol. The number of carbonyl (C=O) groups excluding carboxylic acids is 2. The van der Waals surface area contributed by atoms with Crippen molar-refractivity contribution < 1.29 is 32.6 Å². The van der Waals surface area contributed by atoms with Gasteiger partial charge in [-0.2, -0.15) is 4.31 Å². The Bertz CT molecular complexity index is 923. The number of carbonyl (C=O) groups is 3. The first-order valence-corrected chi connectivity index (χ1v) is 11.3. The van der Waals surface area contributed by atoms with Gasteiger partial charge in [0.05, 0.1) is 11.4 Å². The number of sulfonamides is 1. The lowest BCUT2D eigenvalue weighted by atomic mass is 10.2. The molecule has 1 aromatic carbocycles. The Morgan fingerprint density at radius 3 is 2.39 bits per heavy atom. The number of hydrogen-bond acceptors (Lipinski definition) is 6. The molecule has 0 aromatic heterocycles. The van der Waals surface area contributed by atoms with Crippen molar-refractivity contribution in [3.8, 4) is 0 Å². The number of nitrogens with zero attached hydrogens (tertiary/aromatic N) is 1. The summed E-state index contributed by atoms with van der Waals surface area (Å²) in [4.78, 5) is 36.1. The van der Waals surface area contributed by atoms with E-state index in [4.69, 9.17) is 4.74 Å². The average Bonchev–Trinajstić information content (AvgIpc) is 3.14. The third kappa shape index (κ3) is 6.66. The second kappa shape index (κ2) is 9.65. The third-order valence-corrected chi connectivity index (χ3v) is 6.52. The molecule has 1 heterocycles. The van der Waals surface area contributed by atoms with Crippen LogP contribution in [0.3, 0.4) is 0 Å². The largest absolute Gasteiger partial charge is 0.480 e. The second-order valence-corrected chi connectivity index (χ2v) is 10.3. The number of benzene rings is 1. The fourth-order valence-corrected chi connectivity index (χ4v) is 4.76. The molecule has 0 bridgehead atoms. The summed E-state index contributed by atoms with van der Waals surface area (Å²) in [6, 6.07) is 3.81. The lowest BCUT2D eigenvalue weighted by molar-refractivity contribution is -0.142. The molecule has 1 aliphatic heterocycles. The van der Waals surface area contributed by atoms with Gasteiger partial charge in [0.2, 0.25) is 15.9 Å². The van der Waals surface area contributed by atoms with Gasteiger partial charge < -0.3 is 20.5 Å². The highest BCUT2D eigenvalue weighted by atomic mass is 32.2. The van der Waals surface area contributed by atoms with Crippen LogP contribution in [-0.2, 0) is 24.3 Å². The number of carboxylic acid groups (broad SMARTS) is 1. The van der Waals surface area contributed by atoms with Crippen LogP contribution in [-0.4, -0.2) is 66.6 Å². The zero-order chi connectivity index (χ0) is 23.4. The van der Waals surface area contributed by atoms with Gasteiger partial charge in [-0.15, -0.1) is 0 Å². The fraction of sp³-hybridized carbons (Fsp3) is 0.550. The van der Waals surface area contributed by atoms with Gasteiger partial charge in [0.25, 0.3) is 0 Å². The van der Waals surface area contributed by atoms with Gasteiger partial charge in [-0.05, 0) is 52.7 Å². The molecule has 2 amide bonds. The lowest BCUT2D eigenvalue weighted by Gasteiger charge is -2.25. The van der Waals surface area contributed by atoms with E-state index in [0.717, 1.165) is 9.87 Å². The predicted molar refractivity (Wildman–Crippen MR) is 112 cm³/mol. The van der Waals surface area contributed by atoms with E-state index in [9.17, 15) is 27.9 Å². The highest BCUT2D eigenvalue weighted by Crippen LogP contribution is 2.26. The van der Waals surface area contributed by atoms with Crippen LogP contribution in [0.15, 0.2) is 29.2 Å². The number of ether oxygens (including phenoxy) is 1. The number of nitrogens with one attached hydrogen (secondary N) is 2. The topological polar surface area (TPSA) is 142 Å². The molecule has 0 unspecified atom stereocenters. The Labute approximate surface area is 182 Å². The monoisotopic (exact) mass is 455 g/mol. The summed E-state index contributed by atoms with van der Waals surface area (Å²) in [6.07, 6.45) is -0.0859. The Hall–Kier alpha value is -2.66. The molecule has 3 N–H and O–H groups in total. The van der Waals surface area contributed by atoms with Crippen molar-refractivity contribution in [2.75, 3.05) is 13.1 Å². The van der Waals surface area contributed by atoms with Crippen molar-refractivity contribution in [1.82, 2.24) is 14.9 Å². The van der Waals surface area contributed by atoms with Crippen LogP contribution in [0.4, 0.5) is 4.79 Å². The summed E-state index contributed by atoms with van der Waals surface area (Å²) in [5.41, 5.74) is 0.136. The van der Waals surface area contributed by atoms with E-state index in [-0.39, 0.29) is 17.9 Å². The van der Waals surface area contributed by atoms with E-state index in [1.807, 2.05) is 6.92 Å². The quantitative estimate of drug-likeness (QED) is 0.561. The van der Waals surface area contributed by atoms with Gasteiger partial charge in [-0.1, -0.05) is 17.7 Å². The van der Waals surface area contributed by atoms with Crippen molar-refractivity contribution in [3.63, 3.8) is 0 Å². The molecule has 10 nitrogen and oxygen atoms in total. The van der Waals surface area contributed by atoms with E-state index < -0.39 is 52.2 Å². The molecular formula is C20H29N3O7S. The van der Waals surface area contributed by atoms with Crippen molar-refractivity contribution in [1.29, 1.82) is 0 Å². The lowest BCUT2D eigenvalue weighted by Crippen LogP contribution is -2.54. The minimum atomic E-state index is -3.92. The maximum Gasteiger partial charge on any atom is 0.407 e. The minimum absolute atomic E-state index is 0.0687. The Morgan fingerprint density at radius 1 is 1.23 bits per heavy atom. The van der Waals surface area contributed by atoms with Gasteiger partial charge in [0, 0.05) is 6.54 Å². The first-order chi connectivity index (χ1) is 14.3. The highest BCUT2D eigenvalue weighted by Gasteiger charge is 2.40. The van der Waals surface area contributed by atoms with Crippen molar-refractivity contribution >= 4 is 28.0 Å². The zero-order valence-corrected chi connectivity index (χ0v) is 18.9. The normalized spacial score (nSPS) is 18.3. The third-order valence-electron chi connectivity index (χ3n) is 4.60. The Morgan fingerprint density at radius 2 is 1.84 bits per heavy atom. The highest BCUT2D eigenvalue weighted by molar-refractivity contribution is 7.89.